The summed E-state index contributed by atoms with van der Waals surface area (Å²) in [5.41, 5.74) is 0. The molecule has 3 rings (SSSR count). The van der Waals surface area contributed by atoms with Crippen molar-refractivity contribution >= 4 is 17.8 Å². The van der Waals surface area contributed by atoms with Gasteiger partial charge >= 0.3 is 6.03 Å². The third kappa shape index (κ3) is 4.40. The summed E-state index contributed by atoms with van der Waals surface area (Å²) < 4.78 is 1.92. The minimum Gasteiger partial charge on any atom is -0.335 e. The van der Waals surface area contributed by atoms with Gasteiger partial charge in [-0.3, -0.25) is 0 Å². The number of nitrogens with one attached hydrogen (secondary N) is 1. The van der Waals surface area contributed by atoms with Gasteiger partial charge in [-0.2, -0.15) is 16.9 Å². The Balaban J connectivity index is 1.44. The van der Waals surface area contributed by atoms with Crippen molar-refractivity contribution in [3.05, 3.63) is 12.7 Å². The lowest BCUT2D eigenvalue weighted by Gasteiger charge is -2.35. The molecular weight excluding hydrogens is 310 g/mol. The molecule has 1 saturated carbocycles. The number of hydrogen-bond acceptors (Lipinski definition) is 4. The Morgan fingerprint density at radius 2 is 2.13 bits per heavy atom. The quantitative estimate of drug-likeness (QED) is 0.917. The number of urea groups is 1. The van der Waals surface area contributed by atoms with Gasteiger partial charge in [0.1, 0.15) is 12.7 Å². The molecule has 2 amide bonds. The highest BCUT2D eigenvalue weighted by Gasteiger charge is 2.28. The summed E-state index contributed by atoms with van der Waals surface area (Å²) in [5, 5.41) is 8.20. The van der Waals surface area contributed by atoms with Gasteiger partial charge in [-0.15, -0.1) is 0 Å². The Labute approximate surface area is 142 Å². The first-order valence-corrected chi connectivity index (χ1v) is 9.82. The lowest BCUT2D eigenvalue weighted by atomic mass is 9.95. The second kappa shape index (κ2) is 8.04. The van der Waals surface area contributed by atoms with Crippen LogP contribution in [0.15, 0.2) is 12.7 Å². The van der Waals surface area contributed by atoms with Gasteiger partial charge < -0.3 is 10.2 Å². The van der Waals surface area contributed by atoms with Crippen LogP contribution in [0.25, 0.3) is 0 Å². The zero-order valence-electron chi connectivity index (χ0n) is 13.9. The van der Waals surface area contributed by atoms with E-state index in [9.17, 15) is 4.79 Å². The molecule has 0 spiro atoms. The Morgan fingerprint density at radius 1 is 1.30 bits per heavy atom. The highest BCUT2D eigenvalue weighted by atomic mass is 32.2. The summed E-state index contributed by atoms with van der Waals surface area (Å²) in [7, 11) is 0. The van der Waals surface area contributed by atoms with Crippen LogP contribution in [0.1, 0.15) is 51.5 Å². The molecular formula is C16H27N5OS. The average molecular weight is 337 g/mol. The number of carbonyl (C=O) groups is 1. The number of thioether (sulfide) groups is 1. The van der Waals surface area contributed by atoms with Crippen LogP contribution < -0.4 is 5.32 Å². The average Bonchev–Trinajstić information content (AvgIpc) is 3.10. The molecule has 6 nitrogen and oxygen atoms in total. The summed E-state index contributed by atoms with van der Waals surface area (Å²) in [6.45, 7) is 3.82. The van der Waals surface area contributed by atoms with Gasteiger partial charge in [0.25, 0.3) is 0 Å². The summed E-state index contributed by atoms with van der Waals surface area (Å²) in [5.74, 6) is 1.17. The van der Waals surface area contributed by atoms with E-state index in [1.807, 2.05) is 21.3 Å². The molecule has 0 bridgehead atoms. The normalized spacial score (nSPS) is 26.2. The number of rotatable bonds is 4. The van der Waals surface area contributed by atoms with E-state index >= 15 is 0 Å². The van der Waals surface area contributed by atoms with Crippen molar-refractivity contribution in [1.82, 2.24) is 25.0 Å². The minimum atomic E-state index is 0.120. The minimum absolute atomic E-state index is 0.120. The topological polar surface area (TPSA) is 63.1 Å². The fourth-order valence-electron chi connectivity index (χ4n) is 3.67. The third-order valence-electron chi connectivity index (χ3n) is 4.92. The molecule has 1 aliphatic carbocycles. The van der Waals surface area contributed by atoms with Gasteiger partial charge in [0.2, 0.25) is 0 Å². The van der Waals surface area contributed by atoms with Crippen LogP contribution in [0.5, 0.6) is 0 Å². The van der Waals surface area contributed by atoms with Crippen molar-refractivity contribution in [3.63, 3.8) is 0 Å². The monoisotopic (exact) mass is 337 g/mol. The van der Waals surface area contributed by atoms with Gasteiger partial charge in [-0.1, -0.05) is 13.3 Å². The van der Waals surface area contributed by atoms with Crippen molar-refractivity contribution in [2.24, 2.45) is 0 Å². The Hall–Kier alpha value is -1.24. The highest BCUT2D eigenvalue weighted by molar-refractivity contribution is 7.99. The molecule has 1 aromatic heterocycles. The summed E-state index contributed by atoms with van der Waals surface area (Å²) in [6, 6.07) is 0.851. The SMILES string of the molecule is CCS[C@H]1CCC[C@H](NC(=O)N2CCC(n3cncn3)CC2)C1. The summed E-state index contributed by atoms with van der Waals surface area (Å²) in [4.78, 5) is 18.5. The van der Waals surface area contributed by atoms with Crippen molar-refractivity contribution in [3.8, 4) is 0 Å². The zero-order valence-corrected chi connectivity index (χ0v) is 14.7. The highest BCUT2D eigenvalue weighted by Crippen LogP contribution is 2.28. The molecule has 1 aliphatic heterocycles. The lowest BCUT2D eigenvalue weighted by Crippen LogP contribution is -2.49. The Kier molecular flexibility index (Phi) is 5.80. The van der Waals surface area contributed by atoms with Gasteiger partial charge in [0, 0.05) is 24.4 Å². The first-order chi connectivity index (χ1) is 11.3. The van der Waals surface area contributed by atoms with Crippen molar-refractivity contribution in [2.45, 2.75) is 62.8 Å². The largest absolute Gasteiger partial charge is 0.335 e. The van der Waals surface area contributed by atoms with E-state index in [1.165, 1.54) is 18.6 Å². The lowest BCUT2D eigenvalue weighted by molar-refractivity contribution is 0.163. The van der Waals surface area contributed by atoms with E-state index in [-0.39, 0.29) is 6.03 Å². The number of carbonyl (C=O) groups excluding carboxylic acids is 1. The van der Waals surface area contributed by atoms with Crippen molar-refractivity contribution in [1.29, 1.82) is 0 Å². The fraction of sp³-hybridized carbons (Fsp3) is 0.812. The van der Waals surface area contributed by atoms with Crippen LogP contribution in [0.3, 0.4) is 0 Å². The van der Waals surface area contributed by atoms with Gasteiger partial charge in [0.05, 0.1) is 6.04 Å². The number of likely N-dealkylation sites (tertiary alicyclic amines) is 1. The van der Waals surface area contributed by atoms with Crippen molar-refractivity contribution < 1.29 is 4.79 Å². The Morgan fingerprint density at radius 3 is 2.83 bits per heavy atom. The molecule has 7 heteroatoms. The van der Waals surface area contributed by atoms with Crippen LogP contribution in [0.2, 0.25) is 0 Å². The predicted molar refractivity (Wildman–Crippen MR) is 92.6 cm³/mol. The number of piperidine rings is 1. The van der Waals surface area contributed by atoms with E-state index < -0.39 is 0 Å². The molecule has 0 aromatic carbocycles. The number of amides is 2. The number of hydrogen-bond donors (Lipinski definition) is 1. The third-order valence-corrected chi connectivity index (χ3v) is 6.15. The van der Waals surface area contributed by atoms with Crippen LogP contribution in [-0.4, -0.2) is 55.8 Å². The maximum atomic E-state index is 12.5. The van der Waals surface area contributed by atoms with E-state index in [0.717, 1.165) is 44.0 Å². The second-order valence-electron chi connectivity index (χ2n) is 6.48. The molecule has 0 unspecified atom stereocenters. The standard InChI is InChI=1S/C16H27N5OS/c1-2-23-15-5-3-4-13(10-15)19-16(22)20-8-6-14(7-9-20)21-12-17-11-18-21/h11-15H,2-10H2,1H3,(H,19,22)/t13-,15-/m0/s1. The molecule has 23 heavy (non-hydrogen) atoms. The zero-order chi connectivity index (χ0) is 16.1. The molecule has 1 aromatic rings. The molecule has 2 heterocycles. The van der Waals surface area contributed by atoms with Gasteiger partial charge in [-0.05, 0) is 37.9 Å². The predicted octanol–water partition coefficient (Wildman–Crippen LogP) is 2.69. The first-order valence-electron chi connectivity index (χ1n) is 8.77. The molecule has 2 fully saturated rings. The van der Waals surface area contributed by atoms with Crippen LogP contribution in [0.4, 0.5) is 4.79 Å². The van der Waals surface area contributed by atoms with E-state index in [0.29, 0.717) is 12.1 Å². The Bertz CT molecular complexity index is 485. The summed E-state index contributed by atoms with van der Waals surface area (Å²) in [6.07, 6.45) is 10.0. The first kappa shape index (κ1) is 16.6. The van der Waals surface area contributed by atoms with Crippen LogP contribution in [-0.2, 0) is 0 Å². The van der Waals surface area contributed by atoms with E-state index in [4.69, 9.17) is 0 Å². The molecule has 1 N–H and O–H groups in total. The van der Waals surface area contributed by atoms with Gasteiger partial charge in [-0.25, -0.2) is 14.5 Å². The molecule has 1 saturated heterocycles. The molecule has 2 aliphatic rings. The fourth-order valence-corrected chi connectivity index (χ4v) is 4.84. The maximum absolute atomic E-state index is 12.5. The van der Waals surface area contributed by atoms with E-state index in [1.54, 1.807) is 12.7 Å². The number of aromatic nitrogens is 3. The molecule has 128 valence electrons. The smallest absolute Gasteiger partial charge is 0.317 e. The van der Waals surface area contributed by atoms with Gasteiger partial charge in [0.15, 0.2) is 0 Å². The second-order valence-corrected chi connectivity index (χ2v) is 8.06. The van der Waals surface area contributed by atoms with Crippen molar-refractivity contribution in [2.75, 3.05) is 18.8 Å². The molecule has 2 atom stereocenters. The number of nitrogens with zero attached hydrogens (tertiary/aromatic N) is 4. The van der Waals surface area contributed by atoms with Crippen LogP contribution in [0, 0.1) is 0 Å². The molecule has 0 radical (unpaired) electrons. The van der Waals surface area contributed by atoms with E-state index in [2.05, 4.69) is 22.3 Å². The summed E-state index contributed by atoms with van der Waals surface area (Å²) >= 11 is 2.04. The maximum Gasteiger partial charge on any atom is 0.317 e. The van der Waals surface area contributed by atoms with Crippen LogP contribution >= 0.6 is 11.8 Å².